The molecule has 0 saturated heterocycles. The van der Waals surface area contributed by atoms with E-state index < -0.39 is 11.5 Å². The summed E-state index contributed by atoms with van der Waals surface area (Å²) in [5, 5.41) is 8.23. The maximum atomic E-state index is 10.8. The number of rotatable bonds is 5. The minimum absolute atomic E-state index is 0.203. The lowest BCUT2D eigenvalue weighted by atomic mass is 10.3. The number of nitrogens with zero attached hydrogens (tertiary/aromatic N) is 1. The lowest BCUT2D eigenvalue weighted by molar-refractivity contribution is -0.139. The normalized spacial score (nSPS) is 8.42. The summed E-state index contributed by atoms with van der Waals surface area (Å²) in [6.45, 7) is 2.21. The molecule has 0 spiro atoms. The molecule has 0 atom stereocenters. The van der Waals surface area contributed by atoms with Crippen molar-refractivity contribution in [3.63, 3.8) is 0 Å². The second-order valence-corrected chi connectivity index (χ2v) is 2.13. The van der Waals surface area contributed by atoms with Crippen molar-refractivity contribution in [3.8, 4) is 0 Å². The summed E-state index contributed by atoms with van der Waals surface area (Å²) in [7, 11) is 0. The van der Waals surface area contributed by atoms with Gasteiger partial charge < -0.3 is 10.1 Å². The molecule has 0 aromatic carbocycles. The van der Waals surface area contributed by atoms with Crippen molar-refractivity contribution in [1.29, 1.82) is 0 Å². The third kappa shape index (κ3) is 3.68. The number of hydrogen-bond acceptors (Lipinski definition) is 3. The number of ether oxygens (including phenoxy) is 1. The topological polar surface area (TPSA) is 65.7 Å². The van der Waals surface area contributed by atoms with Crippen LogP contribution in [0.15, 0.2) is 5.57 Å². The van der Waals surface area contributed by atoms with Crippen molar-refractivity contribution in [1.82, 2.24) is 0 Å². The largest absolute Gasteiger partial charge is 0.762 e. The van der Waals surface area contributed by atoms with Crippen LogP contribution >= 0.6 is 0 Å². The van der Waals surface area contributed by atoms with Crippen LogP contribution in [0.3, 0.4) is 0 Å². The summed E-state index contributed by atoms with van der Waals surface area (Å²) in [5.41, 5.74) is -0.480. The molecule has 0 heterocycles. The molecule has 0 amide bonds. The zero-order valence-corrected chi connectivity index (χ0v) is 6.87. The standard InChI is InChI=1S/C8H10NO3/c1-2-3-4-12-8(11)7(5-9)6-10/h6H,2-4H2,1H3/q-1. The fraction of sp³-hybridized carbons (Fsp3) is 0.500. The first-order valence-corrected chi connectivity index (χ1v) is 3.65. The molecule has 0 radical (unpaired) electrons. The van der Waals surface area contributed by atoms with E-state index in [0.717, 1.165) is 12.8 Å². The van der Waals surface area contributed by atoms with Crippen molar-refractivity contribution >= 4 is 18.1 Å². The number of unbranched alkanes of at least 4 members (excludes halogenated alkanes) is 1. The molecule has 0 aromatic heterocycles. The van der Waals surface area contributed by atoms with Crippen molar-refractivity contribution in [2.75, 3.05) is 6.61 Å². The molecule has 0 aliphatic heterocycles. The van der Waals surface area contributed by atoms with Crippen LogP contribution in [0.1, 0.15) is 19.8 Å². The summed E-state index contributed by atoms with van der Waals surface area (Å²) in [5.74, 6) is 0.620. The summed E-state index contributed by atoms with van der Waals surface area (Å²) in [6.07, 6.45) is 1.84. The van der Waals surface area contributed by atoms with Crippen LogP contribution in [-0.4, -0.2) is 24.7 Å². The molecule has 12 heavy (non-hydrogen) atoms. The van der Waals surface area contributed by atoms with Crippen LogP contribution < -0.4 is 0 Å². The van der Waals surface area contributed by atoms with Crippen molar-refractivity contribution in [2.45, 2.75) is 19.8 Å². The smallest absolute Gasteiger partial charge is 0.347 e. The summed E-state index contributed by atoms with van der Waals surface area (Å²) in [6, 6.07) is 0. The molecule has 0 N–H and O–H groups in total. The van der Waals surface area contributed by atoms with Gasteiger partial charge in [0.05, 0.1) is 6.61 Å². The Hall–Kier alpha value is -1.41. The predicted octanol–water partition coefficient (Wildman–Crippen LogP) is 0.694. The SMILES string of the molecule is CCCCOC(=O)C(=C=[N-])C=O. The number of carbonyl (C=O) groups is 2. The molecule has 4 nitrogen and oxygen atoms in total. The third-order valence-corrected chi connectivity index (χ3v) is 1.19. The Bertz CT molecular complexity index is 216. The molecular formula is C8H10NO3-. The van der Waals surface area contributed by atoms with Gasteiger partial charge in [-0.15, -0.1) is 0 Å². The lowest BCUT2D eigenvalue weighted by Gasteiger charge is -2.01. The van der Waals surface area contributed by atoms with Crippen LogP contribution in [0, 0.1) is 0 Å². The Labute approximate surface area is 70.7 Å². The van der Waals surface area contributed by atoms with Crippen LogP contribution in [0.25, 0.3) is 5.41 Å². The van der Waals surface area contributed by atoms with E-state index in [9.17, 15) is 9.59 Å². The molecule has 0 fully saturated rings. The Morgan fingerprint density at radius 3 is 2.75 bits per heavy atom. The van der Waals surface area contributed by atoms with Gasteiger partial charge in [-0.25, -0.2) is 4.79 Å². The highest BCUT2D eigenvalue weighted by atomic mass is 16.5. The van der Waals surface area contributed by atoms with Crippen LogP contribution in [0.4, 0.5) is 0 Å². The van der Waals surface area contributed by atoms with Gasteiger partial charge in [0.15, 0.2) is 6.29 Å². The molecular weight excluding hydrogens is 158 g/mol. The Balaban J connectivity index is 3.87. The number of carbonyl (C=O) groups excluding carboxylic acids is 2. The maximum Gasteiger partial charge on any atom is 0.347 e. The molecule has 0 unspecified atom stereocenters. The molecule has 0 aromatic rings. The number of hydrogen-bond donors (Lipinski definition) is 0. The molecule has 0 aliphatic rings. The van der Waals surface area contributed by atoms with Crippen molar-refractivity contribution in [2.24, 2.45) is 0 Å². The fourth-order valence-electron chi connectivity index (χ4n) is 0.507. The third-order valence-electron chi connectivity index (χ3n) is 1.19. The molecule has 0 aliphatic carbocycles. The van der Waals surface area contributed by atoms with E-state index in [4.69, 9.17) is 5.41 Å². The summed E-state index contributed by atoms with van der Waals surface area (Å²) >= 11 is 0. The first-order chi connectivity index (χ1) is 5.76. The van der Waals surface area contributed by atoms with Gasteiger partial charge >= 0.3 is 5.97 Å². The van der Waals surface area contributed by atoms with Crippen LogP contribution in [0.5, 0.6) is 0 Å². The van der Waals surface area contributed by atoms with Crippen LogP contribution in [-0.2, 0) is 14.3 Å². The molecule has 0 rings (SSSR count). The molecule has 0 saturated carbocycles. The first kappa shape index (κ1) is 10.6. The Kier molecular flexibility index (Phi) is 5.57. The zero-order valence-electron chi connectivity index (χ0n) is 6.87. The average Bonchev–Trinajstić information content (AvgIpc) is 2.07. The highest BCUT2D eigenvalue weighted by Gasteiger charge is 2.06. The van der Waals surface area contributed by atoms with E-state index in [0.29, 0.717) is 0 Å². The lowest BCUT2D eigenvalue weighted by Crippen LogP contribution is -2.10. The van der Waals surface area contributed by atoms with Gasteiger partial charge in [-0.3, -0.25) is 10.7 Å². The summed E-state index contributed by atoms with van der Waals surface area (Å²) in [4.78, 5) is 20.8. The fourth-order valence-corrected chi connectivity index (χ4v) is 0.507. The summed E-state index contributed by atoms with van der Waals surface area (Å²) < 4.78 is 4.60. The monoisotopic (exact) mass is 168 g/mol. The zero-order chi connectivity index (χ0) is 9.40. The first-order valence-electron chi connectivity index (χ1n) is 3.65. The van der Waals surface area contributed by atoms with E-state index in [1.54, 1.807) is 0 Å². The number of aldehydes is 1. The van der Waals surface area contributed by atoms with Gasteiger partial charge in [-0.1, -0.05) is 13.3 Å². The van der Waals surface area contributed by atoms with E-state index in [1.807, 2.05) is 6.92 Å². The Morgan fingerprint density at radius 2 is 2.33 bits per heavy atom. The molecule has 0 bridgehead atoms. The average molecular weight is 168 g/mol. The van der Waals surface area contributed by atoms with Gasteiger partial charge in [-0.05, 0) is 6.42 Å². The van der Waals surface area contributed by atoms with Gasteiger partial charge in [0.1, 0.15) is 5.57 Å². The maximum absolute atomic E-state index is 10.8. The molecule has 66 valence electrons. The highest BCUT2D eigenvalue weighted by molar-refractivity contribution is 6.15. The minimum Gasteiger partial charge on any atom is -0.762 e. The van der Waals surface area contributed by atoms with Gasteiger partial charge in [0.25, 0.3) is 0 Å². The van der Waals surface area contributed by atoms with E-state index >= 15 is 0 Å². The predicted molar refractivity (Wildman–Crippen MR) is 43.8 cm³/mol. The van der Waals surface area contributed by atoms with Gasteiger partial charge in [-0.2, -0.15) is 0 Å². The van der Waals surface area contributed by atoms with E-state index in [2.05, 4.69) is 4.74 Å². The van der Waals surface area contributed by atoms with E-state index in [-0.39, 0.29) is 12.9 Å². The van der Waals surface area contributed by atoms with Gasteiger partial charge in [0, 0.05) is 0 Å². The van der Waals surface area contributed by atoms with E-state index in [1.165, 1.54) is 5.87 Å². The van der Waals surface area contributed by atoms with Crippen molar-refractivity contribution in [3.05, 3.63) is 11.0 Å². The highest BCUT2D eigenvalue weighted by Crippen LogP contribution is 1.93. The minimum atomic E-state index is -0.832. The second kappa shape index (κ2) is 6.31. The van der Waals surface area contributed by atoms with Gasteiger partial charge in [0.2, 0.25) is 0 Å². The second-order valence-electron chi connectivity index (χ2n) is 2.13. The Morgan fingerprint density at radius 1 is 1.67 bits per heavy atom. The number of esters is 1. The quantitative estimate of drug-likeness (QED) is 0.115. The molecule has 4 heteroatoms. The van der Waals surface area contributed by atoms with Crippen LogP contribution in [0.2, 0.25) is 0 Å². The van der Waals surface area contributed by atoms with Crippen molar-refractivity contribution < 1.29 is 14.3 Å².